The summed E-state index contributed by atoms with van der Waals surface area (Å²) in [4.78, 5) is 4.05. The van der Waals surface area contributed by atoms with E-state index in [1.165, 1.54) is 0 Å². The van der Waals surface area contributed by atoms with Crippen molar-refractivity contribution in [1.82, 2.24) is 10.1 Å². The highest BCUT2D eigenvalue weighted by atomic mass is 19.1. The van der Waals surface area contributed by atoms with Gasteiger partial charge in [-0.15, -0.1) is 0 Å². The van der Waals surface area contributed by atoms with Crippen molar-refractivity contribution in [2.75, 3.05) is 0 Å². The molecule has 0 bridgehead atoms. The first-order valence-electron chi connectivity index (χ1n) is 5.49. The van der Waals surface area contributed by atoms with E-state index in [-0.39, 0.29) is 5.89 Å². The summed E-state index contributed by atoms with van der Waals surface area (Å²) in [6, 6.07) is 0. The zero-order valence-corrected chi connectivity index (χ0v) is 9.59. The fourth-order valence-corrected chi connectivity index (χ4v) is 1.96. The molecule has 0 amide bonds. The SMILES string of the molecule is CC(C)=C(F)c1nc(C2(N)CCCC2)no1. The van der Waals surface area contributed by atoms with Crippen LogP contribution in [0.5, 0.6) is 0 Å². The predicted octanol–water partition coefficient (Wildman–Crippen LogP) is 2.52. The minimum absolute atomic E-state index is 0.0632. The van der Waals surface area contributed by atoms with Crippen LogP contribution < -0.4 is 5.73 Å². The molecule has 0 saturated heterocycles. The van der Waals surface area contributed by atoms with Gasteiger partial charge in [0.2, 0.25) is 0 Å². The summed E-state index contributed by atoms with van der Waals surface area (Å²) in [5, 5.41) is 3.79. The third kappa shape index (κ3) is 1.87. The van der Waals surface area contributed by atoms with Gasteiger partial charge in [-0.05, 0) is 32.3 Å². The zero-order valence-electron chi connectivity index (χ0n) is 9.59. The molecule has 1 aromatic heterocycles. The summed E-state index contributed by atoms with van der Waals surface area (Å²) in [5.41, 5.74) is 6.14. The maximum Gasteiger partial charge on any atom is 0.286 e. The molecule has 0 radical (unpaired) electrons. The minimum Gasteiger partial charge on any atom is -0.331 e. The summed E-state index contributed by atoms with van der Waals surface area (Å²) in [5.74, 6) is -0.0940. The van der Waals surface area contributed by atoms with Crippen LogP contribution in [0.15, 0.2) is 10.1 Å². The molecule has 1 heterocycles. The Hall–Kier alpha value is -1.23. The molecule has 1 aliphatic rings. The lowest BCUT2D eigenvalue weighted by Crippen LogP contribution is -2.34. The lowest BCUT2D eigenvalue weighted by atomic mass is 9.99. The van der Waals surface area contributed by atoms with Crippen LogP contribution in [0.2, 0.25) is 0 Å². The van der Waals surface area contributed by atoms with Gasteiger partial charge in [0.25, 0.3) is 5.89 Å². The van der Waals surface area contributed by atoms with E-state index in [0.29, 0.717) is 11.4 Å². The standard InChI is InChI=1S/C11H16FN3O/c1-7(2)8(12)9-14-10(15-16-9)11(13)5-3-4-6-11/h3-6,13H2,1-2H3. The van der Waals surface area contributed by atoms with E-state index in [0.717, 1.165) is 25.7 Å². The van der Waals surface area contributed by atoms with Crippen LogP contribution in [-0.2, 0) is 5.54 Å². The fourth-order valence-electron chi connectivity index (χ4n) is 1.96. The van der Waals surface area contributed by atoms with Crippen LogP contribution in [0.1, 0.15) is 51.2 Å². The van der Waals surface area contributed by atoms with Gasteiger partial charge in [-0.1, -0.05) is 18.0 Å². The zero-order chi connectivity index (χ0) is 11.8. The second-order valence-corrected chi connectivity index (χ2v) is 4.60. The third-order valence-electron chi connectivity index (χ3n) is 2.99. The predicted molar refractivity (Wildman–Crippen MR) is 58.0 cm³/mol. The average molecular weight is 225 g/mol. The molecule has 1 aromatic rings. The maximum absolute atomic E-state index is 13.5. The highest BCUT2D eigenvalue weighted by molar-refractivity contribution is 5.53. The monoisotopic (exact) mass is 225 g/mol. The molecule has 0 unspecified atom stereocenters. The second-order valence-electron chi connectivity index (χ2n) is 4.60. The van der Waals surface area contributed by atoms with Gasteiger partial charge < -0.3 is 10.3 Å². The third-order valence-corrected chi connectivity index (χ3v) is 2.99. The van der Waals surface area contributed by atoms with E-state index in [4.69, 9.17) is 10.3 Å². The van der Waals surface area contributed by atoms with E-state index in [1.807, 2.05) is 0 Å². The lowest BCUT2D eigenvalue weighted by Gasteiger charge is -2.17. The van der Waals surface area contributed by atoms with Crippen LogP contribution in [0.4, 0.5) is 4.39 Å². The van der Waals surface area contributed by atoms with Gasteiger partial charge >= 0.3 is 0 Å². The molecule has 4 nitrogen and oxygen atoms in total. The summed E-state index contributed by atoms with van der Waals surface area (Å²) >= 11 is 0. The molecule has 0 atom stereocenters. The molecule has 0 aromatic carbocycles. The Kier molecular flexibility index (Phi) is 2.80. The van der Waals surface area contributed by atoms with Gasteiger partial charge in [0.05, 0.1) is 5.54 Å². The molecular formula is C11H16FN3O. The van der Waals surface area contributed by atoms with Crippen molar-refractivity contribution in [1.29, 1.82) is 0 Å². The Morgan fingerprint density at radius 3 is 2.56 bits per heavy atom. The van der Waals surface area contributed by atoms with Gasteiger partial charge in [-0.3, -0.25) is 0 Å². The van der Waals surface area contributed by atoms with Gasteiger partial charge in [-0.2, -0.15) is 4.98 Å². The molecule has 0 spiro atoms. The van der Waals surface area contributed by atoms with Gasteiger partial charge in [0.1, 0.15) is 0 Å². The van der Waals surface area contributed by atoms with Crippen LogP contribution in [0.3, 0.4) is 0 Å². The van der Waals surface area contributed by atoms with E-state index in [1.54, 1.807) is 13.8 Å². The Morgan fingerprint density at radius 2 is 2.00 bits per heavy atom. The van der Waals surface area contributed by atoms with Crippen molar-refractivity contribution in [3.8, 4) is 0 Å². The number of allylic oxidation sites excluding steroid dienone is 1. The topological polar surface area (TPSA) is 64.9 Å². The van der Waals surface area contributed by atoms with Crippen LogP contribution >= 0.6 is 0 Å². The van der Waals surface area contributed by atoms with Gasteiger partial charge in [-0.25, -0.2) is 4.39 Å². The van der Waals surface area contributed by atoms with Crippen molar-refractivity contribution in [2.24, 2.45) is 5.73 Å². The highest BCUT2D eigenvalue weighted by Gasteiger charge is 2.36. The molecule has 2 rings (SSSR count). The molecule has 1 fully saturated rings. The smallest absolute Gasteiger partial charge is 0.286 e. The molecule has 16 heavy (non-hydrogen) atoms. The second kappa shape index (κ2) is 3.97. The minimum atomic E-state index is -0.524. The maximum atomic E-state index is 13.5. The van der Waals surface area contributed by atoms with Crippen LogP contribution in [0.25, 0.3) is 5.83 Å². The fraction of sp³-hybridized carbons (Fsp3) is 0.636. The van der Waals surface area contributed by atoms with E-state index >= 15 is 0 Å². The molecule has 88 valence electrons. The molecule has 5 heteroatoms. The summed E-state index contributed by atoms with van der Waals surface area (Å²) in [6.07, 6.45) is 3.79. The first-order valence-corrected chi connectivity index (χ1v) is 5.49. The number of aromatic nitrogens is 2. The summed E-state index contributed by atoms with van der Waals surface area (Å²) < 4.78 is 18.4. The average Bonchev–Trinajstić information content (AvgIpc) is 2.85. The molecule has 0 aliphatic heterocycles. The quantitative estimate of drug-likeness (QED) is 0.839. The van der Waals surface area contributed by atoms with E-state index in [2.05, 4.69) is 10.1 Å². The highest BCUT2D eigenvalue weighted by Crippen LogP contribution is 2.35. The van der Waals surface area contributed by atoms with Crippen LogP contribution in [-0.4, -0.2) is 10.1 Å². The van der Waals surface area contributed by atoms with Crippen molar-refractivity contribution >= 4 is 5.83 Å². The Labute approximate surface area is 93.7 Å². The molecular weight excluding hydrogens is 209 g/mol. The lowest BCUT2D eigenvalue weighted by molar-refractivity contribution is 0.358. The first-order chi connectivity index (χ1) is 7.53. The number of nitrogens with two attached hydrogens (primary N) is 1. The van der Waals surface area contributed by atoms with Crippen LogP contribution in [0, 0.1) is 0 Å². The van der Waals surface area contributed by atoms with Crippen molar-refractivity contribution in [3.63, 3.8) is 0 Å². The molecule has 1 aliphatic carbocycles. The van der Waals surface area contributed by atoms with Gasteiger partial charge in [0, 0.05) is 0 Å². The molecule has 1 saturated carbocycles. The number of rotatable bonds is 2. The summed E-state index contributed by atoms with van der Waals surface area (Å²) in [6.45, 7) is 3.32. The molecule has 2 N–H and O–H groups in total. The largest absolute Gasteiger partial charge is 0.331 e. The van der Waals surface area contributed by atoms with Crippen molar-refractivity contribution in [3.05, 3.63) is 17.3 Å². The first kappa shape index (κ1) is 11.3. The Bertz CT molecular complexity index is 415. The van der Waals surface area contributed by atoms with Crippen molar-refractivity contribution in [2.45, 2.75) is 45.1 Å². The van der Waals surface area contributed by atoms with E-state index < -0.39 is 11.4 Å². The number of nitrogens with zero attached hydrogens (tertiary/aromatic N) is 2. The normalized spacial score (nSPS) is 18.8. The Balaban J connectivity index is 2.29. The number of halogens is 1. The number of hydrogen-bond donors (Lipinski definition) is 1. The summed E-state index contributed by atoms with van der Waals surface area (Å²) in [7, 11) is 0. The van der Waals surface area contributed by atoms with Crippen molar-refractivity contribution < 1.29 is 8.91 Å². The Morgan fingerprint density at radius 1 is 1.38 bits per heavy atom. The van der Waals surface area contributed by atoms with E-state index in [9.17, 15) is 4.39 Å². The van der Waals surface area contributed by atoms with Gasteiger partial charge in [0.15, 0.2) is 11.7 Å². The number of hydrogen-bond acceptors (Lipinski definition) is 4.